The first kappa shape index (κ1) is 18.2. The summed E-state index contributed by atoms with van der Waals surface area (Å²) in [5, 5.41) is 6.13. The van der Waals surface area contributed by atoms with Gasteiger partial charge in [0.05, 0.1) is 24.7 Å². The Morgan fingerprint density at radius 3 is 2.86 bits per heavy atom. The molecule has 2 N–H and O–H groups in total. The lowest BCUT2D eigenvalue weighted by Crippen LogP contribution is -2.43. The Labute approximate surface area is 162 Å². The molecule has 0 aliphatic carbocycles. The molecule has 0 saturated carbocycles. The van der Waals surface area contributed by atoms with E-state index in [1.807, 2.05) is 30.5 Å². The molecule has 146 valence electrons. The van der Waals surface area contributed by atoms with Crippen LogP contribution in [-0.4, -0.2) is 58.0 Å². The highest BCUT2D eigenvalue weighted by atomic mass is 16.5. The average molecular weight is 381 g/mol. The van der Waals surface area contributed by atoms with Gasteiger partial charge in [-0.3, -0.25) is 4.79 Å². The van der Waals surface area contributed by atoms with Crippen molar-refractivity contribution >= 4 is 23.2 Å². The standard InChI is InChI=1S/C19H23N7O2/c1-3-28-19-14(4-5-16(24-19)25-8-6-20-7-9-25)18(27)23-15-12-26-11-13(2)22-17(26)10-21-15/h4-5,10-12,20H,3,6-9H2,1-2H3,(H,23,27). The molecule has 0 aromatic carbocycles. The summed E-state index contributed by atoms with van der Waals surface area (Å²) in [5.74, 6) is 1.26. The summed E-state index contributed by atoms with van der Waals surface area (Å²) >= 11 is 0. The lowest BCUT2D eigenvalue weighted by Gasteiger charge is -2.28. The summed E-state index contributed by atoms with van der Waals surface area (Å²) in [6.07, 6.45) is 5.23. The Hall–Kier alpha value is -3.20. The molecule has 9 heteroatoms. The van der Waals surface area contributed by atoms with Crippen LogP contribution in [0.4, 0.5) is 11.6 Å². The Morgan fingerprint density at radius 1 is 1.25 bits per heavy atom. The third-order valence-electron chi connectivity index (χ3n) is 4.52. The Kier molecular flexibility index (Phi) is 5.07. The van der Waals surface area contributed by atoms with Crippen molar-refractivity contribution in [1.82, 2.24) is 24.7 Å². The van der Waals surface area contributed by atoms with Gasteiger partial charge in [0.1, 0.15) is 17.2 Å². The van der Waals surface area contributed by atoms with Crippen molar-refractivity contribution < 1.29 is 9.53 Å². The molecule has 4 heterocycles. The number of nitrogens with one attached hydrogen (secondary N) is 2. The number of aryl methyl sites for hydroxylation is 1. The maximum Gasteiger partial charge on any atom is 0.262 e. The number of nitrogens with zero attached hydrogens (tertiary/aromatic N) is 5. The SMILES string of the molecule is CCOc1nc(N2CCNCC2)ccc1C(=O)Nc1cn2cc(C)nc2cn1. The van der Waals surface area contributed by atoms with E-state index in [0.29, 0.717) is 23.9 Å². The van der Waals surface area contributed by atoms with Crippen LogP contribution in [0, 0.1) is 6.92 Å². The van der Waals surface area contributed by atoms with Crippen LogP contribution in [0.3, 0.4) is 0 Å². The van der Waals surface area contributed by atoms with Crippen molar-refractivity contribution in [3.8, 4) is 5.88 Å². The molecule has 0 radical (unpaired) electrons. The molecule has 3 aromatic rings. The van der Waals surface area contributed by atoms with Crippen LogP contribution in [0.1, 0.15) is 23.0 Å². The van der Waals surface area contributed by atoms with Gasteiger partial charge >= 0.3 is 0 Å². The molecule has 1 aliphatic rings. The molecule has 0 spiro atoms. The van der Waals surface area contributed by atoms with Crippen molar-refractivity contribution in [2.75, 3.05) is 43.0 Å². The summed E-state index contributed by atoms with van der Waals surface area (Å²) in [4.78, 5) is 28.2. The van der Waals surface area contributed by atoms with E-state index in [1.54, 1.807) is 18.5 Å². The second-order valence-corrected chi connectivity index (χ2v) is 6.57. The number of hydrogen-bond acceptors (Lipinski definition) is 7. The van der Waals surface area contributed by atoms with Gasteiger partial charge in [-0.25, -0.2) is 9.97 Å². The van der Waals surface area contributed by atoms with Gasteiger partial charge in [0.15, 0.2) is 5.65 Å². The van der Waals surface area contributed by atoms with Crippen molar-refractivity contribution in [3.63, 3.8) is 0 Å². The van der Waals surface area contributed by atoms with Crippen LogP contribution < -0.4 is 20.3 Å². The maximum atomic E-state index is 12.8. The third-order valence-corrected chi connectivity index (χ3v) is 4.52. The van der Waals surface area contributed by atoms with Crippen molar-refractivity contribution in [1.29, 1.82) is 0 Å². The molecule has 4 rings (SSSR count). The van der Waals surface area contributed by atoms with Crippen molar-refractivity contribution in [2.45, 2.75) is 13.8 Å². The first-order chi connectivity index (χ1) is 13.6. The largest absolute Gasteiger partial charge is 0.477 e. The van der Waals surface area contributed by atoms with E-state index in [4.69, 9.17) is 4.74 Å². The second kappa shape index (κ2) is 7.81. The number of carbonyl (C=O) groups excluding carboxylic acids is 1. The van der Waals surface area contributed by atoms with Crippen LogP contribution in [-0.2, 0) is 0 Å². The molecule has 0 bridgehead atoms. The summed E-state index contributed by atoms with van der Waals surface area (Å²) in [6.45, 7) is 7.78. The van der Waals surface area contributed by atoms with E-state index in [1.165, 1.54) is 0 Å². The highest BCUT2D eigenvalue weighted by Crippen LogP contribution is 2.23. The van der Waals surface area contributed by atoms with Crippen LogP contribution in [0.5, 0.6) is 5.88 Å². The number of piperazine rings is 1. The molecule has 1 amide bonds. The molecule has 1 aliphatic heterocycles. The number of imidazole rings is 1. The van der Waals surface area contributed by atoms with Crippen LogP contribution >= 0.6 is 0 Å². The normalized spacial score (nSPS) is 14.3. The lowest BCUT2D eigenvalue weighted by molar-refractivity contribution is 0.102. The van der Waals surface area contributed by atoms with Gasteiger partial charge in [0.2, 0.25) is 5.88 Å². The maximum absolute atomic E-state index is 12.8. The topological polar surface area (TPSA) is 96.7 Å². The van der Waals surface area contributed by atoms with E-state index in [-0.39, 0.29) is 5.91 Å². The minimum absolute atomic E-state index is 0.313. The number of hydrogen-bond donors (Lipinski definition) is 2. The Morgan fingerprint density at radius 2 is 2.07 bits per heavy atom. The second-order valence-electron chi connectivity index (χ2n) is 6.57. The summed E-state index contributed by atoms with van der Waals surface area (Å²) < 4.78 is 7.48. The van der Waals surface area contributed by atoms with Crippen LogP contribution in [0.25, 0.3) is 5.65 Å². The zero-order valence-electron chi connectivity index (χ0n) is 16.0. The highest BCUT2D eigenvalue weighted by molar-refractivity contribution is 6.05. The first-order valence-corrected chi connectivity index (χ1v) is 9.36. The van der Waals surface area contributed by atoms with Gasteiger partial charge in [0.25, 0.3) is 5.91 Å². The zero-order chi connectivity index (χ0) is 19.5. The predicted molar refractivity (Wildman–Crippen MR) is 106 cm³/mol. The highest BCUT2D eigenvalue weighted by Gasteiger charge is 2.19. The van der Waals surface area contributed by atoms with Crippen molar-refractivity contribution in [2.24, 2.45) is 0 Å². The minimum atomic E-state index is -0.313. The molecule has 0 atom stereocenters. The number of anilines is 2. The monoisotopic (exact) mass is 381 g/mol. The number of ether oxygens (including phenoxy) is 1. The summed E-state index contributed by atoms with van der Waals surface area (Å²) in [7, 11) is 0. The quantitative estimate of drug-likeness (QED) is 0.691. The molecule has 9 nitrogen and oxygen atoms in total. The third kappa shape index (κ3) is 3.74. The molecule has 1 saturated heterocycles. The Balaban J connectivity index is 1.57. The van der Waals surface area contributed by atoms with Gasteiger partial charge in [0, 0.05) is 32.4 Å². The molecule has 28 heavy (non-hydrogen) atoms. The number of amides is 1. The van der Waals surface area contributed by atoms with Gasteiger partial charge in [-0.1, -0.05) is 0 Å². The minimum Gasteiger partial charge on any atom is -0.477 e. The summed E-state index contributed by atoms with van der Waals surface area (Å²) in [6, 6.07) is 3.61. The van der Waals surface area contributed by atoms with Crippen LogP contribution in [0.15, 0.2) is 30.7 Å². The van der Waals surface area contributed by atoms with Gasteiger partial charge in [-0.2, -0.15) is 4.98 Å². The van der Waals surface area contributed by atoms with Gasteiger partial charge in [-0.15, -0.1) is 0 Å². The number of carbonyl (C=O) groups is 1. The lowest BCUT2D eigenvalue weighted by atomic mass is 10.2. The number of fused-ring (bicyclic) bond motifs is 1. The molecule has 3 aromatic heterocycles. The Bertz CT molecular complexity index is 995. The summed E-state index contributed by atoms with van der Waals surface area (Å²) in [5.41, 5.74) is 1.99. The average Bonchev–Trinajstić information content (AvgIpc) is 3.08. The molecule has 1 fully saturated rings. The fourth-order valence-electron chi connectivity index (χ4n) is 3.19. The smallest absolute Gasteiger partial charge is 0.262 e. The van der Waals surface area contributed by atoms with E-state index in [0.717, 1.165) is 43.3 Å². The fourth-order valence-corrected chi connectivity index (χ4v) is 3.19. The van der Waals surface area contributed by atoms with Crippen molar-refractivity contribution in [3.05, 3.63) is 42.0 Å². The number of aromatic nitrogens is 4. The number of rotatable bonds is 5. The molecular weight excluding hydrogens is 358 g/mol. The zero-order valence-corrected chi connectivity index (χ0v) is 16.0. The molecular formula is C19H23N7O2. The number of pyridine rings is 1. The van der Waals surface area contributed by atoms with E-state index < -0.39 is 0 Å². The predicted octanol–water partition coefficient (Wildman–Crippen LogP) is 1.49. The van der Waals surface area contributed by atoms with Gasteiger partial charge < -0.3 is 24.7 Å². The first-order valence-electron chi connectivity index (χ1n) is 9.36. The van der Waals surface area contributed by atoms with E-state index in [9.17, 15) is 4.79 Å². The van der Waals surface area contributed by atoms with E-state index in [2.05, 4.69) is 30.5 Å². The fraction of sp³-hybridized carbons (Fsp3) is 0.368. The molecule has 0 unspecified atom stereocenters. The van der Waals surface area contributed by atoms with Gasteiger partial charge in [-0.05, 0) is 26.0 Å². The van der Waals surface area contributed by atoms with Crippen LogP contribution in [0.2, 0.25) is 0 Å². The van der Waals surface area contributed by atoms with E-state index >= 15 is 0 Å².